The van der Waals surface area contributed by atoms with Crippen molar-refractivity contribution in [2.75, 3.05) is 19.0 Å². The molecule has 0 amide bonds. The van der Waals surface area contributed by atoms with Crippen LogP contribution in [0.15, 0.2) is 18.3 Å². The largest absolute Gasteiger partial charge is 0.387 e. The quantitative estimate of drug-likeness (QED) is 0.717. The van der Waals surface area contributed by atoms with Crippen molar-refractivity contribution in [1.29, 1.82) is 0 Å². The van der Waals surface area contributed by atoms with Gasteiger partial charge in [-0.15, -0.1) is 0 Å². The van der Waals surface area contributed by atoms with E-state index in [1.165, 1.54) is 0 Å². The van der Waals surface area contributed by atoms with Crippen LogP contribution >= 0.6 is 0 Å². The number of aromatic nitrogens is 1. The maximum atomic E-state index is 9.18. The van der Waals surface area contributed by atoms with Crippen LogP contribution in [0.1, 0.15) is 18.7 Å². The van der Waals surface area contributed by atoms with Gasteiger partial charge in [0.05, 0.1) is 23.7 Å². The van der Waals surface area contributed by atoms with Crippen LogP contribution in [0.25, 0.3) is 0 Å². The summed E-state index contributed by atoms with van der Waals surface area (Å²) in [4.78, 5) is 6.08. The highest BCUT2D eigenvalue weighted by Crippen LogP contribution is 2.13. The lowest BCUT2D eigenvalue weighted by atomic mass is 10.2. The van der Waals surface area contributed by atoms with Crippen molar-refractivity contribution in [3.8, 4) is 0 Å². The van der Waals surface area contributed by atoms with Gasteiger partial charge in [-0.05, 0) is 19.1 Å². The Balaban J connectivity index is 2.86. The zero-order valence-corrected chi connectivity index (χ0v) is 7.65. The number of aliphatic hydroxyl groups is 1. The van der Waals surface area contributed by atoms with Crippen LogP contribution in [-0.4, -0.2) is 24.2 Å². The second-order valence-corrected chi connectivity index (χ2v) is 3.01. The van der Waals surface area contributed by atoms with Gasteiger partial charge in [-0.1, -0.05) is 0 Å². The molecule has 0 radical (unpaired) electrons. The van der Waals surface area contributed by atoms with Crippen molar-refractivity contribution in [1.82, 2.24) is 4.98 Å². The molecule has 1 rings (SSSR count). The first-order valence-electron chi connectivity index (χ1n) is 3.92. The zero-order valence-electron chi connectivity index (χ0n) is 7.65. The summed E-state index contributed by atoms with van der Waals surface area (Å²) in [7, 11) is 3.91. The van der Waals surface area contributed by atoms with Crippen LogP contribution in [0.3, 0.4) is 0 Å². The van der Waals surface area contributed by atoms with Gasteiger partial charge < -0.3 is 10.0 Å². The summed E-state index contributed by atoms with van der Waals surface area (Å²) in [5, 5.41) is 9.18. The van der Waals surface area contributed by atoms with E-state index in [1.807, 2.05) is 31.1 Å². The summed E-state index contributed by atoms with van der Waals surface area (Å²) in [5.41, 5.74) is 1.75. The van der Waals surface area contributed by atoms with Crippen LogP contribution in [0.5, 0.6) is 0 Å². The molecule has 0 saturated carbocycles. The molecule has 0 aliphatic heterocycles. The third kappa shape index (κ3) is 1.95. The molecule has 0 aliphatic rings. The van der Waals surface area contributed by atoms with Gasteiger partial charge >= 0.3 is 0 Å². The highest BCUT2D eigenvalue weighted by atomic mass is 16.3. The number of anilines is 1. The molecule has 0 bridgehead atoms. The fourth-order valence-corrected chi connectivity index (χ4v) is 0.909. The summed E-state index contributed by atoms with van der Waals surface area (Å²) < 4.78 is 0. The minimum Gasteiger partial charge on any atom is -0.387 e. The molecule has 0 aliphatic carbocycles. The summed E-state index contributed by atoms with van der Waals surface area (Å²) >= 11 is 0. The predicted molar refractivity (Wildman–Crippen MR) is 49.2 cm³/mol. The van der Waals surface area contributed by atoms with Gasteiger partial charge in [0.25, 0.3) is 0 Å². The molecule has 1 aromatic heterocycles. The smallest absolute Gasteiger partial charge is 0.0931 e. The zero-order chi connectivity index (χ0) is 9.14. The lowest BCUT2D eigenvalue weighted by Crippen LogP contribution is -2.09. The van der Waals surface area contributed by atoms with Crippen LogP contribution in [0.4, 0.5) is 5.69 Å². The molecule has 66 valence electrons. The molecule has 0 unspecified atom stereocenters. The van der Waals surface area contributed by atoms with E-state index in [1.54, 1.807) is 13.1 Å². The van der Waals surface area contributed by atoms with Crippen molar-refractivity contribution in [2.45, 2.75) is 13.0 Å². The molecule has 1 N–H and O–H groups in total. The molecular formula is C9H14N2O. The SMILES string of the molecule is C[C@@H](O)c1ccc(N(C)C)cn1. The number of aliphatic hydroxyl groups excluding tert-OH is 1. The number of pyridine rings is 1. The Labute approximate surface area is 72.7 Å². The van der Waals surface area contributed by atoms with E-state index in [9.17, 15) is 5.11 Å². The molecule has 0 saturated heterocycles. The van der Waals surface area contributed by atoms with Gasteiger partial charge in [-0.3, -0.25) is 4.98 Å². The number of rotatable bonds is 2. The van der Waals surface area contributed by atoms with Crippen LogP contribution in [-0.2, 0) is 0 Å². The van der Waals surface area contributed by atoms with Gasteiger partial charge in [0.15, 0.2) is 0 Å². The minimum atomic E-state index is -0.485. The van der Waals surface area contributed by atoms with E-state index in [-0.39, 0.29) is 0 Å². The van der Waals surface area contributed by atoms with Crippen LogP contribution in [0.2, 0.25) is 0 Å². The second-order valence-electron chi connectivity index (χ2n) is 3.01. The van der Waals surface area contributed by atoms with Gasteiger partial charge in [0, 0.05) is 14.1 Å². The lowest BCUT2D eigenvalue weighted by Gasteiger charge is -2.12. The fraction of sp³-hybridized carbons (Fsp3) is 0.444. The monoisotopic (exact) mass is 166 g/mol. The Morgan fingerprint density at radius 3 is 2.42 bits per heavy atom. The first kappa shape index (κ1) is 9.00. The molecule has 3 heteroatoms. The van der Waals surface area contributed by atoms with Gasteiger partial charge in [0.1, 0.15) is 0 Å². The van der Waals surface area contributed by atoms with Crippen LogP contribution in [0, 0.1) is 0 Å². The number of nitrogens with zero attached hydrogens (tertiary/aromatic N) is 2. The third-order valence-electron chi connectivity index (χ3n) is 1.72. The molecular weight excluding hydrogens is 152 g/mol. The maximum absolute atomic E-state index is 9.18. The molecule has 3 nitrogen and oxygen atoms in total. The fourth-order valence-electron chi connectivity index (χ4n) is 0.909. The normalized spacial score (nSPS) is 12.7. The Morgan fingerprint density at radius 1 is 1.42 bits per heavy atom. The van der Waals surface area contributed by atoms with E-state index >= 15 is 0 Å². The number of hydrogen-bond acceptors (Lipinski definition) is 3. The lowest BCUT2D eigenvalue weighted by molar-refractivity contribution is 0.194. The number of hydrogen-bond donors (Lipinski definition) is 1. The Kier molecular flexibility index (Phi) is 2.65. The van der Waals surface area contributed by atoms with E-state index in [2.05, 4.69) is 4.98 Å². The van der Waals surface area contributed by atoms with Crippen molar-refractivity contribution in [2.24, 2.45) is 0 Å². The highest BCUT2D eigenvalue weighted by molar-refractivity contribution is 5.42. The van der Waals surface area contributed by atoms with E-state index < -0.39 is 6.10 Å². The Morgan fingerprint density at radius 2 is 2.08 bits per heavy atom. The maximum Gasteiger partial charge on any atom is 0.0931 e. The topological polar surface area (TPSA) is 36.4 Å². The second kappa shape index (κ2) is 3.54. The summed E-state index contributed by atoms with van der Waals surface area (Å²) in [5.74, 6) is 0. The average molecular weight is 166 g/mol. The van der Waals surface area contributed by atoms with Gasteiger partial charge in [0.2, 0.25) is 0 Å². The van der Waals surface area contributed by atoms with Crippen molar-refractivity contribution < 1.29 is 5.11 Å². The van der Waals surface area contributed by atoms with E-state index in [0.717, 1.165) is 5.69 Å². The molecule has 0 spiro atoms. The van der Waals surface area contributed by atoms with Crippen molar-refractivity contribution in [3.63, 3.8) is 0 Å². The highest BCUT2D eigenvalue weighted by Gasteiger charge is 2.01. The van der Waals surface area contributed by atoms with Gasteiger partial charge in [-0.2, -0.15) is 0 Å². The minimum absolute atomic E-state index is 0.485. The predicted octanol–water partition coefficient (Wildman–Crippen LogP) is 1.20. The van der Waals surface area contributed by atoms with E-state index in [0.29, 0.717) is 5.69 Å². The molecule has 1 heterocycles. The first-order valence-corrected chi connectivity index (χ1v) is 3.92. The van der Waals surface area contributed by atoms with E-state index in [4.69, 9.17) is 0 Å². The summed E-state index contributed by atoms with van der Waals surface area (Å²) in [6.07, 6.45) is 1.27. The van der Waals surface area contributed by atoms with Crippen molar-refractivity contribution in [3.05, 3.63) is 24.0 Å². The molecule has 1 atom stereocenters. The molecule has 12 heavy (non-hydrogen) atoms. The Bertz CT molecular complexity index is 214. The third-order valence-corrected chi connectivity index (χ3v) is 1.72. The molecule has 0 aromatic carbocycles. The Hall–Kier alpha value is -1.09. The standard InChI is InChI=1S/C9H14N2O/c1-7(12)9-5-4-8(6-10-9)11(2)3/h4-7,12H,1-3H3/t7-/m1/s1. The molecule has 0 fully saturated rings. The van der Waals surface area contributed by atoms with Crippen molar-refractivity contribution >= 4 is 5.69 Å². The molecule has 1 aromatic rings. The summed E-state index contributed by atoms with van der Waals surface area (Å²) in [6.45, 7) is 1.71. The van der Waals surface area contributed by atoms with Gasteiger partial charge in [-0.25, -0.2) is 0 Å². The summed E-state index contributed by atoms with van der Waals surface area (Å²) in [6, 6.07) is 3.77. The van der Waals surface area contributed by atoms with Crippen LogP contribution < -0.4 is 4.90 Å². The average Bonchev–Trinajstić information content (AvgIpc) is 2.04. The first-order chi connectivity index (χ1) is 5.61.